The Morgan fingerprint density at radius 3 is 2.53 bits per heavy atom. The van der Waals surface area contributed by atoms with Gasteiger partial charge in [0.15, 0.2) is 0 Å². The highest BCUT2D eigenvalue weighted by atomic mass is 16.4. The van der Waals surface area contributed by atoms with Gasteiger partial charge >= 0.3 is 11.6 Å². The van der Waals surface area contributed by atoms with Gasteiger partial charge in [-0.05, 0) is 42.7 Å². The Hall–Kier alpha value is -2.10. The normalized spacial score (nSPS) is 10.7. The first-order valence-corrected chi connectivity index (χ1v) is 5.23. The predicted octanol–water partition coefficient (Wildman–Crippen LogP) is 2.04. The molecule has 0 aliphatic carbocycles. The summed E-state index contributed by atoms with van der Waals surface area (Å²) in [6.07, 6.45) is -0.176. The number of hydrogen-bond donors (Lipinski definition) is 1. The largest absolute Gasteiger partial charge is 0.481 e. The van der Waals surface area contributed by atoms with Crippen LogP contribution in [0.1, 0.15) is 16.7 Å². The van der Waals surface area contributed by atoms with Crippen molar-refractivity contribution >= 4 is 16.9 Å². The van der Waals surface area contributed by atoms with Crippen molar-refractivity contribution in [2.75, 3.05) is 0 Å². The molecule has 0 saturated carbocycles. The van der Waals surface area contributed by atoms with E-state index in [0.717, 1.165) is 11.1 Å². The molecule has 4 nitrogen and oxygen atoms in total. The summed E-state index contributed by atoms with van der Waals surface area (Å²) in [5, 5.41) is 9.50. The minimum atomic E-state index is -0.963. The van der Waals surface area contributed by atoms with Crippen LogP contribution in [-0.2, 0) is 11.2 Å². The van der Waals surface area contributed by atoms with Crippen molar-refractivity contribution in [3.05, 3.63) is 45.3 Å². The number of aryl methyl sites for hydroxylation is 2. The van der Waals surface area contributed by atoms with E-state index in [-0.39, 0.29) is 6.42 Å². The molecule has 0 aliphatic rings. The lowest BCUT2D eigenvalue weighted by Gasteiger charge is -2.06. The first kappa shape index (κ1) is 11.4. The number of carbonyl (C=O) groups is 1. The summed E-state index contributed by atoms with van der Waals surface area (Å²) in [6.45, 7) is 3.85. The fourth-order valence-corrected chi connectivity index (χ4v) is 1.79. The van der Waals surface area contributed by atoms with Crippen LogP contribution in [0.4, 0.5) is 0 Å². The van der Waals surface area contributed by atoms with Gasteiger partial charge in [0.05, 0.1) is 6.42 Å². The average Bonchev–Trinajstić information content (AvgIpc) is 2.20. The summed E-state index contributed by atoms with van der Waals surface area (Å²) >= 11 is 0. The molecular formula is C13H12O4. The Balaban J connectivity index is 2.78. The SMILES string of the molecule is Cc1cc2oc(=O)cc(CC(=O)O)c2cc1C. The molecule has 1 heterocycles. The third-order valence-electron chi connectivity index (χ3n) is 2.79. The number of aliphatic carboxylic acids is 1. The van der Waals surface area contributed by atoms with E-state index in [0.29, 0.717) is 16.5 Å². The maximum Gasteiger partial charge on any atom is 0.336 e. The molecule has 0 atom stereocenters. The van der Waals surface area contributed by atoms with Crippen LogP contribution in [0.25, 0.3) is 11.0 Å². The van der Waals surface area contributed by atoms with Crippen LogP contribution >= 0.6 is 0 Å². The van der Waals surface area contributed by atoms with Gasteiger partial charge in [-0.15, -0.1) is 0 Å². The average molecular weight is 232 g/mol. The summed E-state index contributed by atoms with van der Waals surface area (Å²) in [5.74, 6) is -0.963. The van der Waals surface area contributed by atoms with Gasteiger partial charge in [0.1, 0.15) is 5.58 Å². The molecule has 0 unspecified atom stereocenters. The quantitative estimate of drug-likeness (QED) is 0.804. The fourth-order valence-electron chi connectivity index (χ4n) is 1.79. The molecule has 2 aromatic rings. The van der Waals surface area contributed by atoms with Gasteiger partial charge in [-0.25, -0.2) is 4.79 Å². The molecular weight excluding hydrogens is 220 g/mol. The maximum atomic E-state index is 11.3. The predicted molar refractivity (Wildman–Crippen MR) is 63.3 cm³/mol. The lowest BCUT2D eigenvalue weighted by atomic mass is 10.0. The van der Waals surface area contributed by atoms with E-state index in [9.17, 15) is 9.59 Å². The number of hydrogen-bond acceptors (Lipinski definition) is 3. The van der Waals surface area contributed by atoms with Crippen molar-refractivity contribution in [3.8, 4) is 0 Å². The zero-order valence-corrected chi connectivity index (χ0v) is 9.61. The number of rotatable bonds is 2. The van der Waals surface area contributed by atoms with Gasteiger partial charge in [-0.3, -0.25) is 4.79 Å². The van der Waals surface area contributed by atoms with E-state index in [1.807, 2.05) is 19.9 Å². The number of benzene rings is 1. The van der Waals surface area contributed by atoms with Gasteiger partial charge in [-0.2, -0.15) is 0 Å². The van der Waals surface area contributed by atoms with E-state index >= 15 is 0 Å². The third-order valence-corrected chi connectivity index (χ3v) is 2.79. The molecule has 0 amide bonds. The summed E-state index contributed by atoms with van der Waals surface area (Å²) in [7, 11) is 0. The lowest BCUT2D eigenvalue weighted by molar-refractivity contribution is -0.136. The molecule has 0 aliphatic heterocycles. The summed E-state index contributed by atoms with van der Waals surface area (Å²) in [6, 6.07) is 4.86. The van der Waals surface area contributed by atoms with Crippen molar-refractivity contribution in [1.29, 1.82) is 0 Å². The summed E-state index contributed by atoms with van der Waals surface area (Å²) in [4.78, 5) is 22.1. The van der Waals surface area contributed by atoms with Gasteiger partial charge in [0, 0.05) is 11.5 Å². The summed E-state index contributed by atoms with van der Waals surface area (Å²) in [5.41, 5.74) is 2.46. The number of carboxylic acid groups (broad SMARTS) is 1. The Morgan fingerprint density at radius 1 is 1.24 bits per heavy atom. The molecule has 2 rings (SSSR count). The Bertz CT molecular complexity index is 652. The van der Waals surface area contributed by atoms with Crippen LogP contribution in [0.15, 0.2) is 27.4 Å². The first-order chi connectivity index (χ1) is 7.97. The Kier molecular flexibility index (Phi) is 2.71. The van der Waals surface area contributed by atoms with Gasteiger partial charge in [0.2, 0.25) is 0 Å². The van der Waals surface area contributed by atoms with Crippen molar-refractivity contribution in [3.63, 3.8) is 0 Å². The molecule has 1 N–H and O–H groups in total. The highest BCUT2D eigenvalue weighted by Gasteiger charge is 2.10. The van der Waals surface area contributed by atoms with Crippen molar-refractivity contribution in [2.45, 2.75) is 20.3 Å². The highest BCUT2D eigenvalue weighted by molar-refractivity contribution is 5.85. The Morgan fingerprint density at radius 2 is 1.88 bits per heavy atom. The maximum absolute atomic E-state index is 11.3. The van der Waals surface area contributed by atoms with E-state index < -0.39 is 11.6 Å². The monoisotopic (exact) mass is 232 g/mol. The van der Waals surface area contributed by atoms with Crippen LogP contribution in [0.5, 0.6) is 0 Å². The van der Waals surface area contributed by atoms with Crippen LogP contribution in [-0.4, -0.2) is 11.1 Å². The minimum Gasteiger partial charge on any atom is -0.481 e. The first-order valence-electron chi connectivity index (χ1n) is 5.23. The molecule has 0 fully saturated rings. The van der Waals surface area contributed by atoms with E-state index in [2.05, 4.69) is 0 Å². The molecule has 0 saturated heterocycles. The zero-order valence-electron chi connectivity index (χ0n) is 9.61. The highest BCUT2D eigenvalue weighted by Crippen LogP contribution is 2.21. The second-order valence-electron chi connectivity index (χ2n) is 4.09. The zero-order chi connectivity index (χ0) is 12.6. The second-order valence-corrected chi connectivity index (χ2v) is 4.09. The van der Waals surface area contributed by atoms with Crippen molar-refractivity contribution in [2.24, 2.45) is 0 Å². The van der Waals surface area contributed by atoms with E-state index in [1.165, 1.54) is 6.07 Å². The van der Waals surface area contributed by atoms with Crippen LogP contribution in [0.3, 0.4) is 0 Å². The Labute approximate surface area is 97.5 Å². The van der Waals surface area contributed by atoms with Crippen molar-refractivity contribution in [1.82, 2.24) is 0 Å². The minimum absolute atomic E-state index is 0.176. The molecule has 4 heteroatoms. The molecule has 17 heavy (non-hydrogen) atoms. The molecule has 1 aromatic carbocycles. The van der Waals surface area contributed by atoms with Crippen LogP contribution < -0.4 is 5.63 Å². The molecule has 0 spiro atoms. The van der Waals surface area contributed by atoms with Gasteiger partial charge in [0.25, 0.3) is 0 Å². The molecule has 0 bridgehead atoms. The number of fused-ring (bicyclic) bond motifs is 1. The standard InChI is InChI=1S/C13H12O4/c1-7-3-10-9(5-12(14)15)6-13(16)17-11(10)4-8(7)2/h3-4,6H,5H2,1-2H3,(H,14,15). The smallest absolute Gasteiger partial charge is 0.336 e. The lowest BCUT2D eigenvalue weighted by Crippen LogP contribution is -2.06. The molecule has 88 valence electrons. The van der Waals surface area contributed by atoms with E-state index in [4.69, 9.17) is 9.52 Å². The van der Waals surface area contributed by atoms with Crippen LogP contribution in [0.2, 0.25) is 0 Å². The third kappa shape index (κ3) is 2.20. The topological polar surface area (TPSA) is 67.5 Å². The molecule has 0 radical (unpaired) electrons. The van der Waals surface area contributed by atoms with Crippen LogP contribution in [0, 0.1) is 13.8 Å². The van der Waals surface area contributed by atoms with Crippen molar-refractivity contribution < 1.29 is 14.3 Å². The van der Waals surface area contributed by atoms with Gasteiger partial charge in [-0.1, -0.05) is 0 Å². The number of carboxylic acids is 1. The van der Waals surface area contributed by atoms with E-state index in [1.54, 1.807) is 6.07 Å². The van der Waals surface area contributed by atoms with Gasteiger partial charge < -0.3 is 9.52 Å². The fraction of sp³-hybridized carbons (Fsp3) is 0.231. The second kappa shape index (κ2) is 4.05. The molecule has 1 aromatic heterocycles. The summed E-state index contributed by atoms with van der Waals surface area (Å²) < 4.78 is 5.07.